The second-order valence-electron chi connectivity index (χ2n) is 11.4. The summed E-state index contributed by atoms with van der Waals surface area (Å²) in [5.41, 5.74) is -2.06. The average molecular weight is 510 g/mol. The Morgan fingerprint density at radius 2 is 1.78 bits per heavy atom. The fourth-order valence-corrected chi connectivity index (χ4v) is 6.98. The predicted molar refractivity (Wildman–Crippen MR) is 139 cm³/mol. The number of rotatable bonds is 3. The second-order valence-corrected chi connectivity index (χ2v) is 11.4. The molecule has 1 aliphatic heterocycles. The molecule has 1 aromatic rings. The minimum atomic E-state index is -1.80. The molecule has 1 spiro atoms. The molecule has 1 saturated heterocycles. The Bertz CT molecular complexity index is 1090. The van der Waals surface area contributed by atoms with Crippen LogP contribution in [0.2, 0.25) is 0 Å². The zero-order valence-corrected chi connectivity index (χ0v) is 22.3. The lowest BCUT2D eigenvalue weighted by Gasteiger charge is -2.54. The summed E-state index contributed by atoms with van der Waals surface area (Å²) in [6, 6.07) is 9.65. The Labute approximate surface area is 219 Å². The van der Waals surface area contributed by atoms with E-state index in [9.17, 15) is 24.6 Å². The molecule has 1 aromatic carbocycles. The van der Waals surface area contributed by atoms with Crippen LogP contribution in [0, 0.1) is 35.0 Å². The lowest BCUT2D eigenvalue weighted by atomic mass is 9.50. The van der Waals surface area contributed by atoms with E-state index in [1.807, 2.05) is 56.3 Å². The van der Waals surface area contributed by atoms with Gasteiger partial charge in [-0.3, -0.25) is 14.4 Å². The molecule has 0 bridgehead atoms. The van der Waals surface area contributed by atoms with Crippen LogP contribution in [0.25, 0.3) is 0 Å². The molecule has 37 heavy (non-hydrogen) atoms. The summed E-state index contributed by atoms with van der Waals surface area (Å²) in [6.07, 6.45) is 5.47. The fraction of sp³-hybridized carbons (Fsp3) is 0.567. The van der Waals surface area contributed by atoms with Crippen LogP contribution in [0.1, 0.15) is 46.6 Å². The number of benzene rings is 1. The number of amides is 1. The van der Waals surface area contributed by atoms with Gasteiger partial charge in [-0.1, -0.05) is 63.3 Å². The number of ether oxygens (including phenoxy) is 1. The largest absolute Gasteiger partial charge is 0.457 e. The first-order chi connectivity index (χ1) is 17.4. The van der Waals surface area contributed by atoms with Gasteiger partial charge < -0.3 is 20.3 Å². The first-order valence-electron chi connectivity index (χ1n) is 13.2. The number of nitrogens with one attached hydrogen (secondary N) is 1. The third-order valence-electron chi connectivity index (χ3n) is 8.99. The molecule has 2 aliphatic carbocycles. The fourth-order valence-electron chi connectivity index (χ4n) is 6.98. The zero-order chi connectivity index (χ0) is 27.1. The molecule has 1 heterocycles. The first-order valence-corrected chi connectivity index (χ1v) is 13.2. The van der Waals surface area contributed by atoms with Crippen LogP contribution < -0.4 is 5.32 Å². The Morgan fingerprint density at radius 1 is 1.11 bits per heavy atom. The molecule has 1 saturated carbocycles. The molecule has 3 N–H and O–H groups in total. The Kier molecular flexibility index (Phi) is 7.50. The highest BCUT2D eigenvalue weighted by Crippen LogP contribution is 2.59. The second kappa shape index (κ2) is 10.2. The summed E-state index contributed by atoms with van der Waals surface area (Å²) in [5, 5.41) is 25.8. The highest BCUT2D eigenvalue weighted by molar-refractivity contribution is 5.91. The SMILES string of the molecule is CC(=O)O[C@@H]1/C=C/[C@@](C)(O)C(=O)[C@@H](C)C/C=C/[C@H]2[C@H](O)[C@H](C)[C@@H](C)[C@H]3[C@H](Cc4ccccc4)NC(=O)[C@]312. The van der Waals surface area contributed by atoms with Gasteiger partial charge in [-0.2, -0.15) is 0 Å². The van der Waals surface area contributed by atoms with E-state index in [4.69, 9.17) is 4.74 Å². The van der Waals surface area contributed by atoms with Crippen LogP contribution in [0.15, 0.2) is 54.6 Å². The molecular formula is C30H39NO6. The molecule has 10 atom stereocenters. The van der Waals surface area contributed by atoms with Crippen molar-refractivity contribution in [2.45, 2.75) is 71.3 Å². The first kappa shape index (κ1) is 27.3. The topological polar surface area (TPSA) is 113 Å². The lowest BCUT2D eigenvalue weighted by molar-refractivity contribution is -0.177. The van der Waals surface area contributed by atoms with Crippen LogP contribution in [-0.2, 0) is 25.5 Å². The predicted octanol–water partition coefficient (Wildman–Crippen LogP) is 3.00. The Morgan fingerprint density at radius 3 is 2.43 bits per heavy atom. The van der Waals surface area contributed by atoms with Gasteiger partial charge in [-0.25, -0.2) is 0 Å². The van der Waals surface area contributed by atoms with Crippen LogP contribution >= 0.6 is 0 Å². The highest BCUT2D eigenvalue weighted by Gasteiger charge is 2.69. The quantitative estimate of drug-likeness (QED) is 0.427. The van der Waals surface area contributed by atoms with Crippen molar-refractivity contribution >= 4 is 17.7 Å². The number of esters is 1. The Hall–Kier alpha value is -2.77. The molecule has 7 nitrogen and oxygen atoms in total. The minimum absolute atomic E-state index is 0.0926. The molecule has 1 amide bonds. The normalized spacial score (nSPS) is 43.5. The van der Waals surface area contributed by atoms with Crippen molar-refractivity contribution in [1.29, 1.82) is 0 Å². The monoisotopic (exact) mass is 509 g/mol. The lowest BCUT2D eigenvalue weighted by Crippen LogP contribution is -2.62. The van der Waals surface area contributed by atoms with Gasteiger partial charge in [-0.15, -0.1) is 0 Å². The van der Waals surface area contributed by atoms with Gasteiger partial charge in [0.05, 0.1) is 6.10 Å². The summed E-state index contributed by atoms with van der Waals surface area (Å²) >= 11 is 0. The molecule has 0 radical (unpaired) electrons. The number of aliphatic hydroxyl groups excluding tert-OH is 1. The van der Waals surface area contributed by atoms with Crippen LogP contribution in [0.5, 0.6) is 0 Å². The van der Waals surface area contributed by atoms with Crippen LogP contribution in [0.4, 0.5) is 0 Å². The van der Waals surface area contributed by atoms with E-state index >= 15 is 0 Å². The zero-order valence-electron chi connectivity index (χ0n) is 22.3. The summed E-state index contributed by atoms with van der Waals surface area (Å²) < 4.78 is 5.84. The van der Waals surface area contributed by atoms with E-state index in [0.717, 1.165) is 5.56 Å². The standard InChI is InChI=1S/C30H39NO6/c1-17-10-9-13-22-26(33)19(3)18(2)25-23(16-21-11-7-6-8-12-21)31-28(35)30(22,25)24(37-20(4)32)14-15-29(5,36)27(17)34/h6-9,11-15,17-19,22-26,33,36H,10,16H2,1-5H3,(H,31,35)/b13-9+,15-14+/t17-,18+,19+,22-,23-,24+,25-,26+,29+,30-/m0/s1. The van der Waals surface area contributed by atoms with Gasteiger partial charge in [0.25, 0.3) is 0 Å². The van der Waals surface area contributed by atoms with Crippen molar-refractivity contribution in [3.8, 4) is 0 Å². The number of Topliss-reactive ketones (excluding diaryl/α,β-unsaturated/α-hetero) is 1. The van der Waals surface area contributed by atoms with Crippen molar-refractivity contribution < 1.29 is 29.3 Å². The number of hydrogen-bond donors (Lipinski definition) is 3. The summed E-state index contributed by atoms with van der Waals surface area (Å²) in [5.74, 6) is -2.90. The number of aliphatic hydroxyl groups is 2. The average Bonchev–Trinajstić information content (AvgIpc) is 3.13. The van der Waals surface area contributed by atoms with E-state index in [1.165, 1.54) is 26.0 Å². The maximum Gasteiger partial charge on any atom is 0.303 e. The third kappa shape index (κ3) is 4.68. The van der Waals surface area contributed by atoms with E-state index in [0.29, 0.717) is 12.8 Å². The molecule has 0 unspecified atom stereocenters. The van der Waals surface area contributed by atoms with Gasteiger partial charge in [0.1, 0.15) is 17.1 Å². The van der Waals surface area contributed by atoms with E-state index in [1.54, 1.807) is 6.92 Å². The van der Waals surface area contributed by atoms with Gasteiger partial charge in [0.2, 0.25) is 5.91 Å². The highest BCUT2D eigenvalue weighted by atomic mass is 16.5. The molecule has 2 fully saturated rings. The molecule has 200 valence electrons. The van der Waals surface area contributed by atoms with Crippen molar-refractivity contribution in [2.75, 3.05) is 0 Å². The van der Waals surface area contributed by atoms with E-state index < -0.39 is 41.0 Å². The molecule has 7 heteroatoms. The number of carbonyl (C=O) groups excluding carboxylic acids is 3. The molecule has 0 aromatic heterocycles. The van der Waals surface area contributed by atoms with Gasteiger partial charge in [0, 0.05) is 30.7 Å². The summed E-state index contributed by atoms with van der Waals surface area (Å²) in [4.78, 5) is 39.5. The van der Waals surface area contributed by atoms with Crippen molar-refractivity contribution in [2.24, 2.45) is 35.0 Å². The van der Waals surface area contributed by atoms with Gasteiger partial charge in [-0.05, 0) is 49.3 Å². The molecular weight excluding hydrogens is 470 g/mol. The summed E-state index contributed by atoms with van der Waals surface area (Å²) in [6.45, 7) is 8.47. The van der Waals surface area contributed by atoms with Crippen molar-refractivity contribution in [1.82, 2.24) is 5.32 Å². The Balaban J connectivity index is 1.94. The maximum absolute atomic E-state index is 14.2. The number of ketones is 1. The summed E-state index contributed by atoms with van der Waals surface area (Å²) in [7, 11) is 0. The van der Waals surface area contributed by atoms with E-state index in [-0.39, 0.29) is 35.5 Å². The molecule has 3 aliphatic rings. The maximum atomic E-state index is 14.2. The van der Waals surface area contributed by atoms with Gasteiger partial charge in [0.15, 0.2) is 5.78 Å². The van der Waals surface area contributed by atoms with E-state index in [2.05, 4.69) is 5.32 Å². The van der Waals surface area contributed by atoms with Crippen molar-refractivity contribution in [3.63, 3.8) is 0 Å². The van der Waals surface area contributed by atoms with Crippen molar-refractivity contribution in [3.05, 3.63) is 60.2 Å². The number of hydrogen-bond acceptors (Lipinski definition) is 6. The van der Waals surface area contributed by atoms with Gasteiger partial charge >= 0.3 is 5.97 Å². The van der Waals surface area contributed by atoms with Crippen LogP contribution in [0.3, 0.4) is 0 Å². The number of carbonyl (C=O) groups is 3. The molecule has 4 rings (SSSR count). The smallest absolute Gasteiger partial charge is 0.303 e. The minimum Gasteiger partial charge on any atom is -0.457 e. The number of allylic oxidation sites excluding steroid dienone is 1. The van der Waals surface area contributed by atoms with Crippen LogP contribution in [-0.4, -0.2) is 51.7 Å². The third-order valence-corrected chi connectivity index (χ3v) is 8.99.